The molecule has 0 amide bonds. The van der Waals surface area contributed by atoms with E-state index in [0.717, 1.165) is 26.2 Å². The van der Waals surface area contributed by atoms with E-state index < -0.39 is 102 Å². The minimum atomic E-state index is -1.93. The molecular formula is C44H82N4O13. The zero-order chi connectivity index (χ0) is 45.8. The molecule has 4 heterocycles. The zero-order valence-corrected chi connectivity index (χ0v) is 39.5. The summed E-state index contributed by atoms with van der Waals surface area (Å²) >= 11 is 0. The molecule has 5 N–H and O–H groups in total. The van der Waals surface area contributed by atoms with E-state index >= 15 is 0 Å². The van der Waals surface area contributed by atoms with E-state index in [1.165, 1.54) is 14.0 Å². The van der Waals surface area contributed by atoms with Crippen LogP contribution >= 0.6 is 0 Å². The number of oxime groups is 1. The molecule has 4 aliphatic rings. The number of carbonyl (C=O) groups excluding carboxylic acids is 1. The molecular weight excluding hydrogens is 792 g/mol. The van der Waals surface area contributed by atoms with Gasteiger partial charge in [0.15, 0.2) is 12.6 Å². The van der Waals surface area contributed by atoms with Gasteiger partial charge >= 0.3 is 5.97 Å². The maximum atomic E-state index is 14.4. The van der Waals surface area contributed by atoms with E-state index in [0.29, 0.717) is 18.7 Å². The number of rotatable bonds is 11. The number of carbonyl (C=O) groups is 1. The number of cyclic esters (lactones) is 1. The molecule has 0 radical (unpaired) electrons. The SMILES string of the molecule is CCC1OC(=O)[C@H](C)C(O[C@H]2C[C@@](C)(OC)[C@@H](O)[C@H](C)O2)[C@H](C)[C@@H](O[C@@H]2O[C@H](C)C[C@H](N(C)C)[C@H]2O)[C@](C)(O)C[C@@H](C)/C(=N\OCCN2CCN(C)CC2)[C@H](C)[C@@H](O)[C@]1(C)O. The first-order chi connectivity index (χ1) is 28.4. The van der Waals surface area contributed by atoms with Crippen molar-refractivity contribution in [2.24, 2.45) is 28.8 Å². The van der Waals surface area contributed by atoms with Crippen LogP contribution in [0.1, 0.15) is 94.9 Å². The second-order valence-corrected chi connectivity index (χ2v) is 19.6. The van der Waals surface area contributed by atoms with Crippen LogP contribution in [0.2, 0.25) is 0 Å². The Morgan fingerprint density at radius 3 is 2.13 bits per heavy atom. The number of ether oxygens (including phenoxy) is 6. The molecule has 2 unspecified atom stereocenters. The topological polar surface area (TPSA) is 205 Å². The lowest BCUT2D eigenvalue weighted by Crippen LogP contribution is -2.61. The van der Waals surface area contributed by atoms with E-state index in [1.807, 2.05) is 32.8 Å². The van der Waals surface area contributed by atoms with Crippen molar-refractivity contribution in [3.05, 3.63) is 0 Å². The second-order valence-electron chi connectivity index (χ2n) is 19.6. The lowest BCUT2D eigenvalue weighted by Gasteiger charge is -2.49. The van der Waals surface area contributed by atoms with E-state index in [4.69, 9.17) is 33.3 Å². The highest BCUT2D eigenvalue weighted by molar-refractivity contribution is 5.88. The summed E-state index contributed by atoms with van der Waals surface area (Å²) in [7, 11) is 7.36. The number of piperazine rings is 1. The van der Waals surface area contributed by atoms with Crippen molar-refractivity contribution in [1.29, 1.82) is 0 Å². The lowest BCUT2D eigenvalue weighted by molar-refractivity contribution is -0.317. The van der Waals surface area contributed by atoms with Crippen molar-refractivity contribution in [3.8, 4) is 0 Å². The first-order valence-electron chi connectivity index (χ1n) is 22.5. The summed E-state index contributed by atoms with van der Waals surface area (Å²) in [4.78, 5) is 26.9. The van der Waals surface area contributed by atoms with Crippen LogP contribution in [0.3, 0.4) is 0 Å². The van der Waals surface area contributed by atoms with Crippen LogP contribution in [0, 0.1) is 23.7 Å². The molecule has 17 nitrogen and oxygen atoms in total. The number of hydrogen-bond donors (Lipinski definition) is 5. The number of aliphatic hydroxyl groups excluding tert-OH is 3. The van der Waals surface area contributed by atoms with Gasteiger partial charge < -0.3 is 68.6 Å². The molecule has 4 rings (SSSR count). The third-order valence-electron chi connectivity index (χ3n) is 14.1. The number of nitrogens with zero attached hydrogens (tertiary/aromatic N) is 4. The van der Waals surface area contributed by atoms with Gasteiger partial charge in [0.05, 0.1) is 53.4 Å². The number of aliphatic hydroxyl groups is 5. The summed E-state index contributed by atoms with van der Waals surface area (Å²) in [6.07, 6.45) is -9.19. The first-order valence-corrected chi connectivity index (χ1v) is 22.5. The van der Waals surface area contributed by atoms with Crippen LogP contribution in [0.4, 0.5) is 0 Å². The molecule has 0 aromatic carbocycles. The highest BCUT2D eigenvalue weighted by Gasteiger charge is 2.53. The standard InChI is InChI=1S/C44H82N4O13/c1-15-32-44(10,54)37(50)27(4)34(45-56-21-20-48-18-16-47(13)17-19-48)25(2)23-42(8,53)39(61-41-35(49)31(46(11)12)22-26(3)57-41)28(5)36(29(6)40(52)59-32)60-33-24-43(9,55-14)38(51)30(7)58-33/h25-33,35-39,41,49-51,53-54H,15-24H2,1-14H3/b45-34+/t25-,26-,27+,28+,29-,30+,31+,32?,33+,35-,36?,37-,38+,39-,41+,42-,43-,44-/m1/s1. The minimum absolute atomic E-state index is 0.0188. The van der Waals surface area contributed by atoms with E-state index in [-0.39, 0.29) is 38.0 Å². The molecule has 0 aromatic rings. The third kappa shape index (κ3) is 12.4. The smallest absolute Gasteiger partial charge is 0.311 e. The van der Waals surface area contributed by atoms with Crippen LogP contribution in [-0.4, -0.2) is 204 Å². The summed E-state index contributed by atoms with van der Waals surface area (Å²) in [6.45, 7) is 21.9. The highest BCUT2D eigenvalue weighted by Crippen LogP contribution is 2.41. The maximum Gasteiger partial charge on any atom is 0.311 e. The number of methoxy groups -OCH3 is 1. The number of esters is 1. The molecule has 61 heavy (non-hydrogen) atoms. The molecule has 18 atom stereocenters. The first kappa shape index (κ1) is 52.0. The van der Waals surface area contributed by atoms with E-state index in [9.17, 15) is 30.3 Å². The molecule has 0 aromatic heterocycles. The van der Waals surface area contributed by atoms with Gasteiger partial charge in [0.1, 0.15) is 30.5 Å². The Labute approximate surface area is 364 Å². The normalized spacial score (nSPS) is 46.3. The fraction of sp³-hybridized carbons (Fsp3) is 0.955. The van der Waals surface area contributed by atoms with Gasteiger partial charge in [0, 0.05) is 70.0 Å². The van der Waals surface area contributed by atoms with E-state index in [2.05, 4.69) is 22.0 Å². The summed E-state index contributed by atoms with van der Waals surface area (Å²) < 4.78 is 37.9. The molecule has 356 valence electrons. The van der Waals surface area contributed by atoms with Crippen molar-refractivity contribution in [2.45, 2.75) is 179 Å². The second kappa shape index (κ2) is 21.6. The molecule has 0 aliphatic carbocycles. The van der Waals surface area contributed by atoms with Gasteiger partial charge in [-0.05, 0) is 81.9 Å². The van der Waals surface area contributed by atoms with Crippen LogP contribution in [0.15, 0.2) is 5.16 Å². The lowest BCUT2D eigenvalue weighted by atomic mass is 9.73. The Kier molecular flexibility index (Phi) is 18.4. The van der Waals surface area contributed by atoms with Gasteiger partial charge in [-0.25, -0.2) is 0 Å². The summed E-state index contributed by atoms with van der Waals surface area (Å²) in [5.74, 6) is -3.96. The number of likely N-dealkylation sites (N-methyl/N-ethyl adjacent to an activating group) is 2. The molecule has 4 saturated heterocycles. The molecule has 17 heteroatoms. The maximum absolute atomic E-state index is 14.4. The Morgan fingerprint density at radius 1 is 0.902 bits per heavy atom. The number of hydrogen-bond acceptors (Lipinski definition) is 17. The third-order valence-corrected chi connectivity index (χ3v) is 14.1. The summed E-state index contributed by atoms with van der Waals surface area (Å²) in [6, 6.07) is -0.314. The van der Waals surface area contributed by atoms with Crippen LogP contribution in [-0.2, 0) is 38.1 Å². The molecule has 4 fully saturated rings. The quantitative estimate of drug-likeness (QED) is 0.114. The van der Waals surface area contributed by atoms with Gasteiger partial charge in [-0.15, -0.1) is 0 Å². The average molecular weight is 875 g/mol. The van der Waals surface area contributed by atoms with Gasteiger partial charge in [0.2, 0.25) is 0 Å². The van der Waals surface area contributed by atoms with Crippen molar-refractivity contribution < 1.29 is 63.6 Å². The fourth-order valence-corrected chi connectivity index (χ4v) is 9.96. The Hall–Kier alpha value is -1.58. The van der Waals surface area contributed by atoms with Crippen molar-refractivity contribution in [2.75, 3.05) is 67.6 Å². The highest BCUT2D eigenvalue weighted by atomic mass is 16.7. The predicted octanol–water partition coefficient (Wildman–Crippen LogP) is 1.84. The van der Waals surface area contributed by atoms with Gasteiger partial charge in [0.25, 0.3) is 0 Å². The predicted molar refractivity (Wildman–Crippen MR) is 229 cm³/mol. The van der Waals surface area contributed by atoms with Crippen molar-refractivity contribution in [1.82, 2.24) is 14.7 Å². The molecule has 0 bridgehead atoms. The largest absolute Gasteiger partial charge is 0.459 e. The monoisotopic (exact) mass is 875 g/mol. The zero-order valence-electron chi connectivity index (χ0n) is 39.5. The fourth-order valence-electron chi connectivity index (χ4n) is 9.96. The van der Waals surface area contributed by atoms with Crippen molar-refractivity contribution in [3.63, 3.8) is 0 Å². The molecule has 0 spiro atoms. The van der Waals surface area contributed by atoms with Crippen molar-refractivity contribution >= 4 is 11.7 Å². The van der Waals surface area contributed by atoms with Gasteiger partial charge in [-0.1, -0.05) is 32.9 Å². The molecule has 4 aliphatic heterocycles. The average Bonchev–Trinajstić information content (AvgIpc) is 3.19. The van der Waals surface area contributed by atoms with Crippen LogP contribution in [0.25, 0.3) is 0 Å². The summed E-state index contributed by atoms with van der Waals surface area (Å²) in [5.41, 5.74) is -4.32. The minimum Gasteiger partial charge on any atom is -0.459 e. The van der Waals surface area contributed by atoms with Crippen LogP contribution < -0.4 is 0 Å². The van der Waals surface area contributed by atoms with Crippen LogP contribution in [0.5, 0.6) is 0 Å². The van der Waals surface area contributed by atoms with Gasteiger partial charge in [-0.3, -0.25) is 9.69 Å². The Balaban J connectivity index is 1.82. The van der Waals surface area contributed by atoms with E-state index in [1.54, 1.807) is 48.5 Å². The summed E-state index contributed by atoms with van der Waals surface area (Å²) in [5, 5.41) is 64.3. The Bertz CT molecular complexity index is 1410. The molecule has 0 saturated carbocycles. The van der Waals surface area contributed by atoms with Gasteiger partial charge in [-0.2, -0.15) is 0 Å². The Morgan fingerprint density at radius 2 is 1.54 bits per heavy atom.